The zero-order chi connectivity index (χ0) is 10.7. The van der Waals surface area contributed by atoms with Gasteiger partial charge in [0.05, 0.1) is 7.11 Å². The smallest absolute Gasteiger partial charge is 0.225 e. The minimum absolute atomic E-state index is 0.284. The predicted octanol–water partition coefficient (Wildman–Crippen LogP) is 0.636. The second-order valence-electron chi connectivity index (χ2n) is 3.98. The first-order valence-electron chi connectivity index (χ1n) is 5.09. The number of rotatable bonds is 5. The molecule has 0 saturated heterocycles. The van der Waals surface area contributed by atoms with Crippen LogP contribution in [0.15, 0.2) is 12.3 Å². The third-order valence-corrected chi connectivity index (χ3v) is 2.85. The van der Waals surface area contributed by atoms with Crippen molar-refractivity contribution < 1.29 is 4.74 Å². The number of anilines is 1. The van der Waals surface area contributed by atoms with Crippen molar-refractivity contribution in [1.29, 1.82) is 0 Å². The van der Waals surface area contributed by atoms with E-state index >= 15 is 0 Å². The standard InChI is InChI=1S/C10H16N4O/c1-15-8-2-5-12-9(14-8)13-7-10(6-11)3-4-10/h2,5H,3-4,6-7,11H2,1H3,(H,12,13,14). The summed E-state index contributed by atoms with van der Waals surface area (Å²) in [5.41, 5.74) is 5.97. The number of ether oxygens (including phenoxy) is 1. The van der Waals surface area contributed by atoms with Crippen LogP contribution in [0.1, 0.15) is 12.8 Å². The lowest BCUT2D eigenvalue weighted by molar-refractivity contribution is 0.397. The first kappa shape index (κ1) is 10.2. The van der Waals surface area contributed by atoms with E-state index in [4.69, 9.17) is 10.5 Å². The zero-order valence-electron chi connectivity index (χ0n) is 8.86. The topological polar surface area (TPSA) is 73.1 Å². The fourth-order valence-electron chi connectivity index (χ4n) is 1.44. The van der Waals surface area contributed by atoms with Gasteiger partial charge in [0.1, 0.15) is 0 Å². The number of nitrogens with zero attached hydrogens (tertiary/aromatic N) is 2. The van der Waals surface area contributed by atoms with Crippen molar-refractivity contribution in [2.24, 2.45) is 11.1 Å². The molecule has 3 N–H and O–H groups in total. The highest BCUT2D eigenvalue weighted by Crippen LogP contribution is 2.44. The van der Waals surface area contributed by atoms with Crippen molar-refractivity contribution in [2.45, 2.75) is 12.8 Å². The number of nitrogens with two attached hydrogens (primary N) is 1. The summed E-state index contributed by atoms with van der Waals surface area (Å²) in [6.45, 7) is 1.57. The van der Waals surface area contributed by atoms with E-state index in [0.29, 0.717) is 11.8 Å². The number of nitrogens with one attached hydrogen (secondary N) is 1. The van der Waals surface area contributed by atoms with Gasteiger partial charge in [0.2, 0.25) is 11.8 Å². The molecule has 1 aliphatic rings. The van der Waals surface area contributed by atoms with Crippen LogP contribution in [0.3, 0.4) is 0 Å². The quantitative estimate of drug-likeness (QED) is 0.742. The van der Waals surface area contributed by atoms with E-state index in [2.05, 4.69) is 15.3 Å². The fraction of sp³-hybridized carbons (Fsp3) is 0.600. The average Bonchev–Trinajstić information content (AvgIpc) is 3.07. The van der Waals surface area contributed by atoms with Crippen LogP contribution < -0.4 is 15.8 Å². The van der Waals surface area contributed by atoms with E-state index in [-0.39, 0.29) is 5.41 Å². The minimum Gasteiger partial charge on any atom is -0.481 e. The Bertz CT molecular complexity index is 338. The highest BCUT2D eigenvalue weighted by atomic mass is 16.5. The Kier molecular flexibility index (Phi) is 2.73. The summed E-state index contributed by atoms with van der Waals surface area (Å²) in [5, 5.41) is 3.19. The molecular formula is C10H16N4O. The minimum atomic E-state index is 0.284. The summed E-state index contributed by atoms with van der Waals surface area (Å²) in [6.07, 6.45) is 4.07. The summed E-state index contributed by atoms with van der Waals surface area (Å²) in [6, 6.07) is 1.72. The molecule has 0 spiro atoms. The molecule has 5 heteroatoms. The molecule has 5 nitrogen and oxygen atoms in total. The lowest BCUT2D eigenvalue weighted by Crippen LogP contribution is -2.24. The SMILES string of the molecule is COc1ccnc(NCC2(CN)CC2)n1. The Morgan fingerprint density at radius 1 is 1.60 bits per heavy atom. The van der Waals surface area contributed by atoms with Gasteiger partial charge in [-0.15, -0.1) is 0 Å². The average molecular weight is 208 g/mol. The lowest BCUT2D eigenvalue weighted by atomic mass is 10.1. The summed E-state index contributed by atoms with van der Waals surface area (Å²) in [5.74, 6) is 1.18. The van der Waals surface area contributed by atoms with Gasteiger partial charge < -0.3 is 15.8 Å². The maximum absolute atomic E-state index is 5.68. The molecule has 0 amide bonds. The molecule has 1 heterocycles. The summed E-state index contributed by atoms with van der Waals surface area (Å²) < 4.78 is 5.01. The Hall–Kier alpha value is -1.36. The molecule has 1 aromatic rings. The molecule has 1 saturated carbocycles. The van der Waals surface area contributed by atoms with Gasteiger partial charge in [-0.05, 0) is 24.8 Å². The van der Waals surface area contributed by atoms with Crippen molar-refractivity contribution >= 4 is 5.95 Å². The van der Waals surface area contributed by atoms with E-state index in [1.807, 2.05) is 0 Å². The first-order valence-corrected chi connectivity index (χ1v) is 5.09. The third kappa shape index (κ3) is 2.36. The molecule has 15 heavy (non-hydrogen) atoms. The van der Waals surface area contributed by atoms with Crippen molar-refractivity contribution in [3.8, 4) is 5.88 Å². The molecule has 0 atom stereocenters. The second kappa shape index (κ2) is 4.02. The van der Waals surface area contributed by atoms with Crippen LogP contribution in [0.25, 0.3) is 0 Å². The van der Waals surface area contributed by atoms with Gasteiger partial charge in [0.25, 0.3) is 0 Å². The molecule has 0 aliphatic heterocycles. The van der Waals surface area contributed by atoms with Gasteiger partial charge >= 0.3 is 0 Å². The number of hydrogen-bond acceptors (Lipinski definition) is 5. The predicted molar refractivity (Wildman–Crippen MR) is 57.8 cm³/mol. The maximum Gasteiger partial charge on any atom is 0.225 e. The van der Waals surface area contributed by atoms with Crippen molar-refractivity contribution in [3.05, 3.63) is 12.3 Å². The van der Waals surface area contributed by atoms with Crippen LogP contribution in [-0.2, 0) is 0 Å². The Balaban J connectivity index is 1.93. The summed E-state index contributed by atoms with van der Waals surface area (Å²) in [7, 11) is 1.59. The largest absolute Gasteiger partial charge is 0.481 e. The van der Waals surface area contributed by atoms with Crippen LogP contribution in [-0.4, -0.2) is 30.2 Å². The normalized spacial score (nSPS) is 17.2. The van der Waals surface area contributed by atoms with E-state index in [1.165, 1.54) is 12.8 Å². The van der Waals surface area contributed by atoms with Crippen LogP contribution in [0, 0.1) is 5.41 Å². The van der Waals surface area contributed by atoms with E-state index in [0.717, 1.165) is 13.1 Å². The van der Waals surface area contributed by atoms with Crippen LogP contribution in [0.2, 0.25) is 0 Å². The second-order valence-corrected chi connectivity index (χ2v) is 3.98. The van der Waals surface area contributed by atoms with Crippen molar-refractivity contribution in [2.75, 3.05) is 25.5 Å². The monoisotopic (exact) mass is 208 g/mol. The molecule has 82 valence electrons. The van der Waals surface area contributed by atoms with E-state index in [1.54, 1.807) is 19.4 Å². The van der Waals surface area contributed by atoms with Gasteiger partial charge in [-0.25, -0.2) is 4.98 Å². The number of aromatic nitrogens is 2. The van der Waals surface area contributed by atoms with Crippen LogP contribution in [0.5, 0.6) is 5.88 Å². The molecule has 1 aromatic heterocycles. The molecule has 2 rings (SSSR count). The van der Waals surface area contributed by atoms with Gasteiger partial charge in [-0.3, -0.25) is 0 Å². The molecule has 0 unspecified atom stereocenters. The van der Waals surface area contributed by atoms with Gasteiger partial charge in [-0.1, -0.05) is 0 Å². The molecule has 0 bridgehead atoms. The Labute approximate surface area is 89.1 Å². The first-order chi connectivity index (χ1) is 7.28. The fourth-order valence-corrected chi connectivity index (χ4v) is 1.44. The van der Waals surface area contributed by atoms with Crippen LogP contribution in [0.4, 0.5) is 5.95 Å². The van der Waals surface area contributed by atoms with Crippen molar-refractivity contribution in [1.82, 2.24) is 9.97 Å². The van der Waals surface area contributed by atoms with Crippen molar-refractivity contribution in [3.63, 3.8) is 0 Å². The highest BCUT2D eigenvalue weighted by molar-refractivity contribution is 5.28. The molecule has 0 aromatic carbocycles. The maximum atomic E-state index is 5.68. The molecule has 1 aliphatic carbocycles. The molecule has 1 fully saturated rings. The van der Waals surface area contributed by atoms with Gasteiger partial charge in [0, 0.05) is 18.8 Å². The third-order valence-electron chi connectivity index (χ3n) is 2.85. The Morgan fingerprint density at radius 3 is 3.00 bits per heavy atom. The summed E-state index contributed by atoms with van der Waals surface area (Å²) in [4.78, 5) is 8.28. The van der Waals surface area contributed by atoms with E-state index < -0.39 is 0 Å². The van der Waals surface area contributed by atoms with E-state index in [9.17, 15) is 0 Å². The van der Waals surface area contributed by atoms with Gasteiger partial charge in [-0.2, -0.15) is 4.98 Å². The van der Waals surface area contributed by atoms with Crippen LogP contribution >= 0.6 is 0 Å². The number of hydrogen-bond donors (Lipinski definition) is 2. The zero-order valence-corrected chi connectivity index (χ0v) is 8.86. The Morgan fingerprint density at radius 2 is 2.40 bits per heavy atom. The summed E-state index contributed by atoms with van der Waals surface area (Å²) >= 11 is 0. The highest BCUT2D eigenvalue weighted by Gasteiger charge is 2.40. The lowest BCUT2D eigenvalue weighted by Gasteiger charge is -2.13. The molecule has 0 radical (unpaired) electrons. The number of methoxy groups -OCH3 is 1. The van der Waals surface area contributed by atoms with Gasteiger partial charge in [0.15, 0.2) is 0 Å². The molecular weight excluding hydrogens is 192 g/mol.